The summed E-state index contributed by atoms with van der Waals surface area (Å²) in [5.41, 5.74) is 1.42. The van der Waals surface area contributed by atoms with Gasteiger partial charge in [-0.05, 0) is 31.0 Å². The molecule has 0 aliphatic heterocycles. The van der Waals surface area contributed by atoms with Crippen LogP contribution in [0.2, 0.25) is 0 Å². The fraction of sp³-hybridized carbons (Fsp3) is 0.222. The van der Waals surface area contributed by atoms with E-state index in [1.54, 1.807) is 0 Å². The van der Waals surface area contributed by atoms with Crippen LogP contribution in [0.5, 0.6) is 0 Å². The summed E-state index contributed by atoms with van der Waals surface area (Å²) in [7, 11) is 0. The molecule has 3 aromatic heterocycles. The fourth-order valence-electron chi connectivity index (χ4n) is 3.00. The number of carbonyl (C=O) groups excluding carboxylic acids is 1. The molecule has 4 aromatic rings. The Kier molecular flexibility index (Phi) is 3.64. The van der Waals surface area contributed by atoms with E-state index in [0.29, 0.717) is 10.8 Å². The zero-order valence-corrected chi connectivity index (χ0v) is 14.7. The van der Waals surface area contributed by atoms with E-state index in [0.717, 1.165) is 27.6 Å². The van der Waals surface area contributed by atoms with Crippen molar-refractivity contribution in [3.8, 4) is 0 Å². The standard InChI is InChI=1S/C18H13F2N5OS/c19-15(20)13-7-12(9-5-6-9)22-16-10(8-21-25(13)16)17(26)24-18-23-11-3-1-2-4-14(11)27-18/h1-4,7-9,15H,5-6H2,(H,23,24,26). The van der Waals surface area contributed by atoms with Crippen LogP contribution >= 0.6 is 11.3 Å². The number of fused-ring (bicyclic) bond motifs is 2. The van der Waals surface area contributed by atoms with Gasteiger partial charge in [0.2, 0.25) is 0 Å². The molecule has 1 N–H and O–H groups in total. The molecule has 0 unspecified atom stereocenters. The second kappa shape index (κ2) is 6.05. The molecule has 5 rings (SSSR count). The highest BCUT2D eigenvalue weighted by Crippen LogP contribution is 2.40. The van der Waals surface area contributed by atoms with Gasteiger partial charge in [-0.2, -0.15) is 5.10 Å². The van der Waals surface area contributed by atoms with E-state index in [1.807, 2.05) is 24.3 Å². The van der Waals surface area contributed by atoms with Gasteiger partial charge in [0.25, 0.3) is 12.3 Å². The third kappa shape index (κ3) is 2.84. The molecule has 0 bridgehead atoms. The Balaban J connectivity index is 1.54. The monoisotopic (exact) mass is 385 g/mol. The van der Waals surface area contributed by atoms with Crippen LogP contribution in [0.1, 0.15) is 46.9 Å². The lowest BCUT2D eigenvalue weighted by atomic mass is 10.2. The van der Waals surface area contributed by atoms with Crippen LogP contribution in [0, 0.1) is 0 Å². The van der Waals surface area contributed by atoms with E-state index in [1.165, 1.54) is 23.6 Å². The van der Waals surface area contributed by atoms with Crippen molar-refractivity contribution < 1.29 is 13.6 Å². The van der Waals surface area contributed by atoms with Crippen molar-refractivity contribution in [2.75, 3.05) is 5.32 Å². The van der Waals surface area contributed by atoms with Crippen LogP contribution < -0.4 is 5.32 Å². The maximum atomic E-state index is 13.4. The normalized spacial score (nSPS) is 14.3. The van der Waals surface area contributed by atoms with Crippen LogP contribution in [-0.2, 0) is 0 Å². The second-order valence-electron chi connectivity index (χ2n) is 6.42. The Hall–Kier alpha value is -2.94. The Morgan fingerprint density at radius 2 is 2.07 bits per heavy atom. The van der Waals surface area contributed by atoms with Crippen LogP contribution in [-0.4, -0.2) is 25.5 Å². The number of aromatic nitrogens is 4. The van der Waals surface area contributed by atoms with Gasteiger partial charge in [0.1, 0.15) is 11.3 Å². The number of anilines is 1. The SMILES string of the molecule is O=C(Nc1nc2ccccc2s1)c1cnn2c(C(F)F)cc(C3CC3)nc12. The molecule has 1 aromatic carbocycles. The lowest BCUT2D eigenvalue weighted by Gasteiger charge is -2.07. The zero-order valence-electron chi connectivity index (χ0n) is 13.9. The first-order valence-corrected chi connectivity index (χ1v) is 9.25. The predicted molar refractivity (Wildman–Crippen MR) is 97.5 cm³/mol. The molecule has 1 fully saturated rings. The number of hydrogen-bond donors (Lipinski definition) is 1. The number of para-hydroxylation sites is 1. The molecule has 6 nitrogen and oxygen atoms in total. The lowest BCUT2D eigenvalue weighted by molar-refractivity contribution is 0.102. The fourth-order valence-corrected chi connectivity index (χ4v) is 3.86. The van der Waals surface area contributed by atoms with Gasteiger partial charge in [-0.15, -0.1) is 0 Å². The average molecular weight is 385 g/mol. The van der Waals surface area contributed by atoms with Crippen LogP contribution in [0.25, 0.3) is 15.9 Å². The largest absolute Gasteiger partial charge is 0.298 e. The van der Waals surface area contributed by atoms with Crippen LogP contribution in [0.15, 0.2) is 36.5 Å². The van der Waals surface area contributed by atoms with Crippen molar-refractivity contribution in [3.63, 3.8) is 0 Å². The summed E-state index contributed by atoms with van der Waals surface area (Å²) < 4.78 is 28.9. The summed E-state index contributed by atoms with van der Waals surface area (Å²) in [5.74, 6) is -0.285. The number of nitrogens with one attached hydrogen (secondary N) is 1. The van der Waals surface area contributed by atoms with E-state index in [4.69, 9.17) is 0 Å². The highest BCUT2D eigenvalue weighted by molar-refractivity contribution is 7.22. The molecule has 1 aliphatic rings. The minimum atomic E-state index is -2.70. The van der Waals surface area contributed by atoms with Crippen molar-refractivity contribution in [2.24, 2.45) is 0 Å². The zero-order chi connectivity index (χ0) is 18.5. The van der Waals surface area contributed by atoms with Gasteiger partial charge in [-0.1, -0.05) is 23.5 Å². The highest BCUT2D eigenvalue weighted by atomic mass is 32.1. The average Bonchev–Trinajstić information content (AvgIpc) is 3.28. The predicted octanol–water partition coefficient (Wildman–Crippen LogP) is 4.41. The highest BCUT2D eigenvalue weighted by Gasteiger charge is 2.29. The molecular weight excluding hydrogens is 372 g/mol. The topological polar surface area (TPSA) is 72.2 Å². The minimum absolute atomic E-state index is 0.147. The van der Waals surface area contributed by atoms with E-state index < -0.39 is 12.3 Å². The van der Waals surface area contributed by atoms with Gasteiger partial charge in [0.15, 0.2) is 10.8 Å². The van der Waals surface area contributed by atoms with Crippen molar-refractivity contribution in [2.45, 2.75) is 25.2 Å². The number of carbonyl (C=O) groups is 1. The third-order valence-corrected chi connectivity index (χ3v) is 5.45. The summed E-state index contributed by atoms with van der Waals surface area (Å²) in [6.07, 6.45) is 0.418. The Labute approximate surface area is 155 Å². The summed E-state index contributed by atoms with van der Waals surface area (Å²) >= 11 is 1.34. The Bertz CT molecular complexity index is 1150. The number of halogens is 2. The summed E-state index contributed by atoms with van der Waals surface area (Å²) in [6, 6.07) is 8.92. The number of thiazole rings is 1. The Morgan fingerprint density at radius 1 is 1.26 bits per heavy atom. The van der Waals surface area contributed by atoms with Crippen molar-refractivity contribution in [1.82, 2.24) is 19.6 Å². The number of amides is 1. The van der Waals surface area contributed by atoms with Crippen LogP contribution in [0.3, 0.4) is 0 Å². The summed E-state index contributed by atoms with van der Waals surface area (Å²) in [5, 5.41) is 7.13. The maximum absolute atomic E-state index is 13.4. The molecule has 0 saturated heterocycles. The quantitative estimate of drug-likeness (QED) is 0.565. The second-order valence-corrected chi connectivity index (χ2v) is 7.45. The first-order valence-electron chi connectivity index (χ1n) is 8.44. The van der Waals surface area contributed by atoms with Gasteiger partial charge in [-0.3, -0.25) is 10.1 Å². The number of hydrogen-bond acceptors (Lipinski definition) is 5. The molecular formula is C18H13F2N5OS. The first-order chi connectivity index (χ1) is 13.1. The molecule has 136 valence electrons. The number of alkyl halides is 2. The molecule has 0 spiro atoms. The van der Waals surface area contributed by atoms with Gasteiger partial charge in [0.05, 0.1) is 16.4 Å². The minimum Gasteiger partial charge on any atom is -0.298 e. The molecule has 1 aliphatic carbocycles. The van der Waals surface area contributed by atoms with Crippen molar-refractivity contribution in [1.29, 1.82) is 0 Å². The van der Waals surface area contributed by atoms with E-state index >= 15 is 0 Å². The summed E-state index contributed by atoms with van der Waals surface area (Å²) in [4.78, 5) is 21.5. The molecule has 3 heterocycles. The van der Waals surface area contributed by atoms with Gasteiger partial charge >= 0.3 is 0 Å². The summed E-state index contributed by atoms with van der Waals surface area (Å²) in [6.45, 7) is 0. The van der Waals surface area contributed by atoms with Crippen molar-refractivity contribution >= 4 is 38.2 Å². The number of nitrogens with zero attached hydrogens (tertiary/aromatic N) is 4. The molecule has 0 radical (unpaired) electrons. The van der Waals surface area contributed by atoms with Crippen molar-refractivity contribution in [3.05, 3.63) is 53.5 Å². The molecule has 1 amide bonds. The molecule has 9 heteroatoms. The van der Waals surface area contributed by atoms with Crippen LogP contribution in [0.4, 0.5) is 13.9 Å². The third-order valence-electron chi connectivity index (χ3n) is 4.50. The molecule has 0 atom stereocenters. The van der Waals surface area contributed by atoms with Gasteiger partial charge in [0, 0.05) is 11.6 Å². The molecule has 27 heavy (non-hydrogen) atoms. The van der Waals surface area contributed by atoms with E-state index in [9.17, 15) is 13.6 Å². The first kappa shape index (κ1) is 16.2. The number of rotatable bonds is 4. The number of benzene rings is 1. The van der Waals surface area contributed by atoms with E-state index in [-0.39, 0.29) is 22.8 Å². The maximum Gasteiger partial charge on any atom is 0.280 e. The molecule has 1 saturated carbocycles. The van der Waals surface area contributed by atoms with Gasteiger partial charge < -0.3 is 0 Å². The smallest absolute Gasteiger partial charge is 0.280 e. The lowest BCUT2D eigenvalue weighted by Crippen LogP contribution is -2.12. The van der Waals surface area contributed by atoms with Gasteiger partial charge in [-0.25, -0.2) is 23.3 Å². The van der Waals surface area contributed by atoms with E-state index in [2.05, 4.69) is 20.4 Å². The Morgan fingerprint density at radius 3 is 2.81 bits per heavy atom.